The highest BCUT2D eigenvalue weighted by Gasteiger charge is 2.31. The van der Waals surface area contributed by atoms with Gasteiger partial charge in [0.15, 0.2) is 0 Å². The summed E-state index contributed by atoms with van der Waals surface area (Å²) in [7, 11) is 1.59. The number of aromatic nitrogens is 1. The van der Waals surface area contributed by atoms with Crippen LogP contribution in [-0.4, -0.2) is 47.7 Å². The summed E-state index contributed by atoms with van der Waals surface area (Å²) in [4.78, 5) is 18.3. The molecule has 3 aromatic rings. The van der Waals surface area contributed by atoms with Crippen LogP contribution in [0.1, 0.15) is 55.8 Å². The molecule has 4 rings (SSSR count). The quantitative estimate of drug-likeness (QED) is 0.278. The molecule has 0 radical (unpaired) electrons. The molecule has 0 saturated carbocycles. The van der Waals surface area contributed by atoms with Gasteiger partial charge in [-0.2, -0.15) is 0 Å². The summed E-state index contributed by atoms with van der Waals surface area (Å²) >= 11 is 0. The van der Waals surface area contributed by atoms with Gasteiger partial charge in [-0.3, -0.25) is 9.78 Å². The maximum atomic E-state index is 15.5. The van der Waals surface area contributed by atoms with Gasteiger partial charge in [0, 0.05) is 24.5 Å². The summed E-state index contributed by atoms with van der Waals surface area (Å²) in [5, 5.41) is 10.3. The predicted molar refractivity (Wildman–Crippen MR) is 141 cm³/mol. The SMILES string of the molecule is COc1ccc2nccc(C(F)CC[C@@H]3CCN(CCCCc4ccc(F)cc4)C[C@@H]3CC(=O)O)c2c1. The molecule has 0 bridgehead atoms. The number of nitrogens with zero attached hydrogens (tertiary/aromatic N) is 2. The number of likely N-dealkylation sites (tertiary alicyclic amines) is 1. The summed E-state index contributed by atoms with van der Waals surface area (Å²) in [6, 6.07) is 13.9. The van der Waals surface area contributed by atoms with E-state index in [9.17, 15) is 14.3 Å². The molecule has 3 atom stereocenters. The van der Waals surface area contributed by atoms with Crippen molar-refractivity contribution in [3.63, 3.8) is 0 Å². The molecule has 2 heterocycles. The molecule has 1 aliphatic rings. The van der Waals surface area contributed by atoms with Crippen LogP contribution in [0.2, 0.25) is 0 Å². The van der Waals surface area contributed by atoms with Crippen LogP contribution in [0, 0.1) is 17.7 Å². The van der Waals surface area contributed by atoms with Gasteiger partial charge in [-0.15, -0.1) is 0 Å². The number of aryl methyl sites for hydroxylation is 1. The maximum Gasteiger partial charge on any atom is 0.303 e. The Morgan fingerprint density at radius 3 is 2.73 bits per heavy atom. The molecular weight excluding hydrogens is 474 g/mol. The Morgan fingerprint density at radius 2 is 1.97 bits per heavy atom. The number of methoxy groups -OCH3 is 1. The Bertz CT molecular complexity index is 1170. The Hall–Kier alpha value is -3.06. The van der Waals surface area contributed by atoms with Crippen molar-refractivity contribution in [3.8, 4) is 5.75 Å². The molecule has 37 heavy (non-hydrogen) atoms. The fourth-order valence-electron chi connectivity index (χ4n) is 5.57. The van der Waals surface area contributed by atoms with Gasteiger partial charge in [-0.1, -0.05) is 12.1 Å². The number of hydrogen-bond donors (Lipinski definition) is 1. The number of benzene rings is 2. The molecule has 2 aromatic carbocycles. The zero-order valence-corrected chi connectivity index (χ0v) is 21.4. The number of halogens is 2. The van der Waals surface area contributed by atoms with Crippen LogP contribution in [0.15, 0.2) is 54.7 Å². The molecule has 5 nitrogen and oxygen atoms in total. The minimum Gasteiger partial charge on any atom is -0.497 e. The molecule has 0 spiro atoms. The van der Waals surface area contributed by atoms with E-state index in [-0.39, 0.29) is 24.1 Å². The normalized spacial score (nSPS) is 19.1. The summed E-state index contributed by atoms with van der Waals surface area (Å²) < 4.78 is 33.9. The predicted octanol–water partition coefficient (Wildman–Crippen LogP) is 6.61. The molecule has 1 N–H and O–H groups in total. The molecule has 1 fully saturated rings. The molecule has 1 saturated heterocycles. The van der Waals surface area contributed by atoms with E-state index in [0.29, 0.717) is 24.2 Å². The lowest BCUT2D eigenvalue weighted by Gasteiger charge is -2.38. The average Bonchev–Trinajstić information content (AvgIpc) is 2.90. The molecule has 0 amide bonds. The van der Waals surface area contributed by atoms with Crippen molar-refractivity contribution in [1.29, 1.82) is 0 Å². The van der Waals surface area contributed by atoms with Crippen molar-refractivity contribution in [2.45, 2.75) is 51.1 Å². The van der Waals surface area contributed by atoms with Crippen molar-refractivity contribution in [2.24, 2.45) is 11.8 Å². The van der Waals surface area contributed by atoms with Gasteiger partial charge in [0.25, 0.3) is 0 Å². The van der Waals surface area contributed by atoms with Crippen LogP contribution in [0.25, 0.3) is 10.9 Å². The first-order valence-corrected chi connectivity index (χ1v) is 13.2. The number of fused-ring (bicyclic) bond motifs is 1. The van der Waals surface area contributed by atoms with E-state index in [0.717, 1.165) is 61.8 Å². The molecule has 0 aliphatic carbocycles. The number of ether oxygens (including phenoxy) is 1. The average molecular weight is 511 g/mol. The second-order valence-electron chi connectivity index (χ2n) is 10.1. The number of unbranched alkanes of at least 4 members (excludes halogenated alkanes) is 1. The van der Waals surface area contributed by atoms with Crippen LogP contribution in [0.3, 0.4) is 0 Å². The van der Waals surface area contributed by atoms with Crippen LogP contribution in [0.5, 0.6) is 5.75 Å². The fourth-order valence-corrected chi connectivity index (χ4v) is 5.57. The smallest absolute Gasteiger partial charge is 0.303 e. The molecule has 198 valence electrons. The zero-order chi connectivity index (χ0) is 26.2. The Balaban J connectivity index is 1.30. The number of aliphatic carboxylic acids is 1. The summed E-state index contributed by atoms with van der Waals surface area (Å²) in [6.07, 6.45) is 5.42. The lowest BCUT2D eigenvalue weighted by Crippen LogP contribution is -2.41. The third-order valence-corrected chi connectivity index (χ3v) is 7.63. The largest absolute Gasteiger partial charge is 0.497 e. The van der Waals surface area contributed by atoms with Crippen LogP contribution >= 0.6 is 0 Å². The Kier molecular flexibility index (Phi) is 9.45. The van der Waals surface area contributed by atoms with Gasteiger partial charge in [-0.05, 0) is 111 Å². The van der Waals surface area contributed by atoms with E-state index in [1.54, 1.807) is 19.4 Å². The Morgan fingerprint density at radius 1 is 1.16 bits per heavy atom. The van der Waals surface area contributed by atoms with Crippen molar-refractivity contribution in [1.82, 2.24) is 9.88 Å². The fraction of sp³-hybridized carbons (Fsp3) is 0.467. The van der Waals surface area contributed by atoms with E-state index in [1.165, 1.54) is 12.1 Å². The highest BCUT2D eigenvalue weighted by atomic mass is 19.1. The van der Waals surface area contributed by atoms with Crippen molar-refractivity contribution in [3.05, 3.63) is 71.7 Å². The highest BCUT2D eigenvalue weighted by Crippen LogP contribution is 2.36. The van der Waals surface area contributed by atoms with Gasteiger partial charge >= 0.3 is 5.97 Å². The first kappa shape index (κ1) is 27.0. The monoisotopic (exact) mass is 510 g/mol. The third-order valence-electron chi connectivity index (χ3n) is 7.63. The van der Waals surface area contributed by atoms with Crippen LogP contribution in [-0.2, 0) is 11.2 Å². The van der Waals surface area contributed by atoms with Crippen molar-refractivity contribution >= 4 is 16.9 Å². The van der Waals surface area contributed by atoms with E-state index < -0.39 is 12.1 Å². The highest BCUT2D eigenvalue weighted by molar-refractivity contribution is 5.83. The molecule has 1 aliphatic heterocycles. The number of pyridine rings is 1. The van der Waals surface area contributed by atoms with E-state index in [4.69, 9.17) is 4.74 Å². The second kappa shape index (κ2) is 13.0. The molecule has 7 heteroatoms. The number of piperidine rings is 1. The van der Waals surface area contributed by atoms with Gasteiger partial charge < -0.3 is 14.7 Å². The Labute approximate surface area is 217 Å². The maximum absolute atomic E-state index is 15.5. The lowest BCUT2D eigenvalue weighted by molar-refractivity contribution is -0.139. The number of hydrogen-bond acceptors (Lipinski definition) is 4. The standard InChI is InChI=1S/C30H36F2N2O3/c1-37-25-10-12-29-27(19-25)26(13-15-33-29)28(32)11-7-22-14-17-34(20-23(22)18-30(35)36)16-3-2-4-21-5-8-24(31)9-6-21/h5-6,8-10,12-13,15,19,22-23,28H,2-4,7,11,14,16-18,20H2,1H3,(H,35,36)/t22-,23+,28?/m1/s1. The first-order valence-electron chi connectivity index (χ1n) is 13.2. The second-order valence-corrected chi connectivity index (χ2v) is 10.1. The van der Waals surface area contributed by atoms with E-state index in [2.05, 4.69) is 9.88 Å². The molecular formula is C30H36F2N2O3. The molecule has 1 unspecified atom stereocenters. The van der Waals surface area contributed by atoms with Gasteiger partial charge in [0.05, 0.1) is 12.6 Å². The number of carbonyl (C=O) groups is 1. The lowest BCUT2D eigenvalue weighted by atomic mass is 9.79. The van der Waals surface area contributed by atoms with Crippen molar-refractivity contribution < 1.29 is 23.4 Å². The number of rotatable bonds is 12. The van der Waals surface area contributed by atoms with Gasteiger partial charge in [-0.25, -0.2) is 8.78 Å². The van der Waals surface area contributed by atoms with E-state index >= 15 is 4.39 Å². The molecule has 1 aromatic heterocycles. The van der Waals surface area contributed by atoms with E-state index in [1.807, 2.05) is 30.3 Å². The van der Waals surface area contributed by atoms with Crippen molar-refractivity contribution in [2.75, 3.05) is 26.7 Å². The number of alkyl halides is 1. The minimum atomic E-state index is -1.15. The van der Waals surface area contributed by atoms with Gasteiger partial charge in [0.2, 0.25) is 0 Å². The van der Waals surface area contributed by atoms with Gasteiger partial charge in [0.1, 0.15) is 17.7 Å². The minimum absolute atomic E-state index is 0.0184. The topological polar surface area (TPSA) is 62.7 Å². The summed E-state index contributed by atoms with van der Waals surface area (Å²) in [5.41, 5.74) is 2.47. The third kappa shape index (κ3) is 7.48. The zero-order valence-electron chi connectivity index (χ0n) is 21.4. The van der Waals surface area contributed by atoms with Crippen LogP contribution < -0.4 is 4.74 Å². The van der Waals surface area contributed by atoms with Crippen LogP contribution in [0.4, 0.5) is 8.78 Å². The summed E-state index contributed by atoms with van der Waals surface area (Å²) in [6.45, 7) is 2.56. The number of carboxylic acids is 1. The summed E-state index contributed by atoms with van der Waals surface area (Å²) in [5.74, 6) is -0.139. The number of carboxylic acid groups (broad SMARTS) is 1. The first-order chi connectivity index (χ1) is 17.9.